The Hall–Kier alpha value is -1.18. The molecule has 0 fully saturated rings. The average Bonchev–Trinajstić information content (AvgIpc) is 2.60. The number of unbranched alkanes of at least 4 members (excludes halogenated alkanes) is 4. The zero-order valence-corrected chi connectivity index (χ0v) is 16.5. The Bertz CT molecular complexity index is 440. The van der Waals surface area contributed by atoms with Gasteiger partial charge in [-0.2, -0.15) is 0 Å². The normalized spacial score (nSPS) is 10.8. The highest BCUT2D eigenvalue weighted by Gasteiger charge is 2.15. The second-order valence-electron chi connectivity index (χ2n) is 6.64. The Kier molecular flexibility index (Phi) is 11.4. The minimum atomic E-state index is 0.804. The summed E-state index contributed by atoms with van der Waals surface area (Å²) in [6, 6.07) is 4.41. The summed E-state index contributed by atoms with van der Waals surface area (Å²) >= 11 is 0. The Morgan fingerprint density at radius 2 is 1.25 bits per heavy atom. The molecule has 0 radical (unpaired) electrons. The summed E-state index contributed by atoms with van der Waals surface area (Å²) in [5.74, 6) is 2.17. The van der Waals surface area contributed by atoms with Crippen LogP contribution in [0.3, 0.4) is 0 Å². The van der Waals surface area contributed by atoms with Crippen LogP contribution in [0, 0.1) is 0 Å². The monoisotopic (exact) mass is 334 g/mol. The molecular weight excluding hydrogens is 296 g/mol. The molecular formula is C22H38O2. The van der Waals surface area contributed by atoms with Crippen LogP contribution in [-0.4, -0.2) is 13.2 Å². The van der Waals surface area contributed by atoms with Crippen molar-refractivity contribution >= 4 is 0 Å². The molecule has 0 heterocycles. The van der Waals surface area contributed by atoms with Crippen molar-refractivity contribution in [3.63, 3.8) is 0 Å². The molecule has 2 nitrogen and oxygen atoms in total. The minimum Gasteiger partial charge on any atom is -0.493 e. The van der Waals surface area contributed by atoms with E-state index in [-0.39, 0.29) is 0 Å². The number of rotatable bonds is 14. The van der Waals surface area contributed by atoms with E-state index in [0.29, 0.717) is 0 Å². The fourth-order valence-corrected chi connectivity index (χ4v) is 2.77. The fraction of sp³-hybridized carbons (Fsp3) is 0.727. The van der Waals surface area contributed by atoms with Crippen molar-refractivity contribution in [1.82, 2.24) is 0 Å². The predicted octanol–water partition coefficient (Wildman–Crippen LogP) is 6.73. The van der Waals surface area contributed by atoms with Crippen LogP contribution in [0.5, 0.6) is 11.5 Å². The summed E-state index contributed by atoms with van der Waals surface area (Å²) < 4.78 is 12.4. The largest absolute Gasteiger partial charge is 0.493 e. The number of benzene rings is 1. The van der Waals surface area contributed by atoms with E-state index in [1.54, 1.807) is 0 Å². The molecule has 0 aliphatic rings. The summed E-state index contributed by atoms with van der Waals surface area (Å²) in [7, 11) is 0. The summed E-state index contributed by atoms with van der Waals surface area (Å²) in [6.07, 6.45) is 11.5. The van der Waals surface area contributed by atoms with Crippen molar-refractivity contribution in [1.29, 1.82) is 0 Å². The van der Waals surface area contributed by atoms with Crippen LogP contribution >= 0.6 is 0 Å². The van der Waals surface area contributed by atoms with Crippen LogP contribution in [-0.2, 0) is 12.8 Å². The Labute approximate surface area is 149 Å². The highest BCUT2D eigenvalue weighted by atomic mass is 16.5. The van der Waals surface area contributed by atoms with E-state index in [9.17, 15) is 0 Å². The van der Waals surface area contributed by atoms with Gasteiger partial charge in [-0.15, -0.1) is 0 Å². The van der Waals surface area contributed by atoms with Crippen molar-refractivity contribution in [2.45, 2.75) is 91.9 Å². The molecule has 0 saturated carbocycles. The summed E-state index contributed by atoms with van der Waals surface area (Å²) in [5.41, 5.74) is 2.67. The fourth-order valence-electron chi connectivity index (χ4n) is 2.77. The quantitative estimate of drug-likeness (QED) is 0.351. The zero-order chi connectivity index (χ0) is 17.6. The van der Waals surface area contributed by atoms with E-state index in [1.807, 2.05) is 0 Å². The first kappa shape index (κ1) is 20.9. The molecule has 0 aliphatic carbocycles. The van der Waals surface area contributed by atoms with E-state index in [2.05, 4.69) is 39.8 Å². The van der Waals surface area contributed by atoms with Gasteiger partial charge in [0.15, 0.2) is 0 Å². The van der Waals surface area contributed by atoms with Crippen molar-refractivity contribution in [3.8, 4) is 11.5 Å². The third kappa shape index (κ3) is 7.15. The smallest absolute Gasteiger partial charge is 0.129 e. The molecule has 0 saturated heterocycles. The second-order valence-corrected chi connectivity index (χ2v) is 6.64. The maximum Gasteiger partial charge on any atom is 0.129 e. The van der Waals surface area contributed by atoms with Gasteiger partial charge in [-0.05, 0) is 50.2 Å². The van der Waals surface area contributed by atoms with Crippen LogP contribution in [0.25, 0.3) is 0 Å². The molecule has 1 aromatic carbocycles. The Balaban J connectivity index is 3.06. The topological polar surface area (TPSA) is 18.5 Å². The predicted molar refractivity (Wildman–Crippen MR) is 104 cm³/mol. The van der Waals surface area contributed by atoms with Crippen molar-refractivity contribution < 1.29 is 9.47 Å². The number of hydrogen-bond donors (Lipinski definition) is 0. The summed E-state index contributed by atoms with van der Waals surface area (Å²) in [5, 5.41) is 0. The molecule has 24 heavy (non-hydrogen) atoms. The molecule has 1 rings (SSSR count). The maximum absolute atomic E-state index is 6.27. The first-order valence-corrected chi connectivity index (χ1v) is 10.2. The highest BCUT2D eigenvalue weighted by molar-refractivity contribution is 5.50. The van der Waals surface area contributed by atoms with Gasteiger partial charge in [0.2, 0.25) is 0 Å². The average molecular weight is 335 g/mol. The lowest BCUT2D eigenvalue weighted by atomic mass is 9.99. The number of aryl methyl sites for hydroxylation is 1. The van der Waals surface area contributed by atoms with Crippen molar-refractivity contribution in [2.75, 3.05) is 13.2 Å². The van der Waals surface area contributed by atoms with Gasteiger partial charge < -0.3 is 9.47 Å². The van der Waals surface area contributed by atoms with E-state index in [0.717, 1.165) is 50.4 Å². The molecule has 0 atom stereocenters. The first-order valence-electron chi connectivity index (χ1n) is 10.2. The molecule has 0 bridgehead atoms. The summed E-state index contributed by atoms with van der Waals surface area (Å²) in [6.45, 7) is 10.5. The van der Waals surface area contributed by atoms with Gasteiger partial charge in [-0.25, -0.2) is 0 Å². The third-order valence-corrected chi connectivity index (χ3v) is 4.38. The zero-order valence-electron chi connectivity index (χ0n) is 16.5. The number of ether oxygens (including phenoxy) is 2. The molecule has 0 spiro atoms. The van der Waals surface area contributed by atoms with Gasteiger partial charge >= 0.3 is 0 Å². The Morgan fingerprint density at radius 3 is 1.88 bits per heavy atom. The van der Waals surface area contributed by atoms with Crippen LogP contribution in [0.15, 0.2) is 12.1 Å². The van der Waals surface area contributed by atoms with Gasteiger partial charge in [0.25, 0.3) is 0 Å². The highest BCUT2D eigenvalue weighted by Crippen LogP contribution is 2.35. The third-order valence-electron chi connectivity index (χ3n) is 4.38. The van der Waals surface area contributed by atoms with Gasteiger partial charge in [-0.3, -0.25) is 0 Å². The van der Waals surface area contributed by atoms with Crippen LogP contribution < -0.4 is 9.47 Å². The lowest BCUT2D eigenvalue weighted by molar-refractivity contribution is 0.286. The van der Waals surface area contributed by atoms with Crippen LogP contribution in [0.4, 0.5) is 0 Å². The lowest BCUT2D eigenvalue weighted by Crippen LogP contribution is -2.07. The molecule has 0 unspecified atom stereocenters. The molecule has 0 amide bonds. The molecule has 1 aromatic rings. The standard InChI is InChI=1S/C22H38O2/c1-5-9-13-19-15-16-21(23-17-11-7-3)20(14-10-6-2)22(19)24-18-12-8-4/h15-16H,5-14,17-18H2,1-4H3. The maximum atomic E-state index is 6.27. The summed E-state index contributed by atoms with van der Waals surface area (Å²) in [4.78, 5) is 0. The van der Waals surface area contributed by atoms with Crippen molar-refractivity contribution in [3.05, 3.63) is 23.3 Å². The van der Waals surface area contributed by atoms with E-state index in [4.69, 9.17) is 9.47 Å². The van der Waals surface area contributed by atoms with Crippen molar-refractivity contribution in [2.24, 2.45) is 0 Å². The molecule has 0 aliphatic heterocycles. The molecule has 2 heteroatoms. The van der Waals surface area contributed by atoms with E-state index in [1.165, 1.54) is 49.7 Å². The molecule has 0 N–H and O–H groups in total. The number of hydrogen-bond acceptors (Lipinski definition) is 2. The molecule has 138 valence electrons. The van der Waals surface area contributed by atoms with Gasteiger partial charge in [0, 0.05) is 5.56 Å². The Morgan fingerprint density at radius 1 is 0.667 bits per heavy atom. The molecule has 0 aromatic heterocycles. The van der Waals surface area contributed by atoms with Gasteiger partial charge in [-0.1, -0.05) is 59.4 Å². The van der Waals surface area contributed by atoms with E-state index >= 15 is 0 Å². The van der Waals surface area contributed by atoms with Gasteiger partial charge in [0.1, 0.15) is 11.5 Å². The SMILES string of the molecule is CCCCOc1ccc(CCCC)c(OCCCC)c1CCCC. The van der Waals surface area contributed by atoms with Gasteiger partial charge in [0.05, 0.1) is 13.2 Å². The second kappa shape index (κ2) is 13.1. The van der Waals surface area contributed by atoms with Crippen LogP contribution in [0.1, 0.15) is 90.2 Å². The van der Waals surface area contributed by atoms with Crippen LogP contribution in [0.2, 0.25) is 0 Å². The minimum absolute atomic E-state index is 0.804. The van der Waals surface area contributed by atoms with E-state index < -0.39 is 0 Å². The first-order chi connectivity index (χ1) is 11.8. The lowest BCUT2D eigenvalue weighted by Gasteiger charge is -2.20.